The third-order valence-corrected chi connectivity index (χ3v) is 4.39. The van der Waals surface area contributed by atoms with Gasteiger partial charge in [0.15, 0.2) is 5.78 Å². The number of Topliss-reactive ketones (excluding diaryl/α,β-unsaturated/α-hetero) is 1. The minimum Gasteiger partial charge on any atom is -0.303 e. The topological polar surface area (TPSA) is 23.6 Å². The number of carbonyl (C=O) groups excluding carboxylic acids is 1. The molecule has 0 bridgehead atoms. The number of likely N-dealkylation sites (N-methyl/N-ethyl adjacent to an activating group) is 1. The summed E-state index contributed by atoms with van der Waals surface area (Å²) in [6, 6.07) is 8.43. The lowest BCUT2D eigenvalue weighted by Gasteiger charge is -2.36. The number of carbonyl (C=O) groups is 1. The van der Waals surface area contributed by atoms with E-state index in [4.69, 9.17) is 0 Å². The number of ketones is 1. The molecule has 1 saturated heterocycles. The van der Waals surface area contributed by atoms with Crippen molar-refractivity contribution >= 4 is 5.78 Å². The maximum absolute atomic E-state index is 12.3. The first kappa shape index (κ1) is 15.2. The average Bonchev–Trinajstić information content (AvgIpc) is 2.48. The van der Waals surface area contributed by atoms with Gasteiger partial charge in [-0.15, -0.1) is 0 Å². The third-order valence-electron chi connectivity index (χ3n) is 4.39. The predicted molar refractivity (Wildman–Crippen MR) is 83.3 cm³/mol. The van der Waals surface area contributed by atoms with Crippen LogP contribution in [0.15, 0.2) is 24.3 Å². The molecule has 0 N–H and O–H groups in total. The largest absolute Gasteiger partial charge is 0.303 e. The summed E-state index contributed by atoms with van der Waals surface area (Å²) in [5, 5.41) is 0. The van der Waals surface area contributed by atoms with Crippen molar-refractivity contribution < 1.29 is 4.79 Å². The fraction of sp³-hybridized carbons (Fsp3) is 0.588. The van der Waals surface area contributed by atoms with E-state index in [1.807, 2.05) is 31.2 Å². The van der Waals surface area contributed by atoms with Crippen LogP contribution in [0.4, 0.5) is 0 Å². The van der Waals surface area contributed by atoms with Gasteiger partial charge in [-0.3, -0.25) is 9.69 Å². The Balaban J connectivity index is 1.86. The molecule has 110 valence electrons. The molecule has 3 heteroatoms. The van der Waals surface area contributed by atoms with Crippen LogP contribution < -0.4 is 0 Å². The first-order valence-electron chi connectivity index (χ1n) is 7.62. The Morgan fingerprint density at radius 1 is 1.25 bits per heavy atom. The Labute approximate surface area is 122 Å². The molecule has 0 spiro atoms. The molecule has 1 aromatic rings. The van der Waals surface area contributed by atoms with E-state index in [0.29, 0.717) is 12.6 Å². The number of hydrogen-bond donors (Lipinski definition) is 0. The van der Waals surface area contributed by atoms with Gasteiger partial charge < -0.3 is 4.90 Å². The fourth-order valence-corrected chi connectivity index (χ4v) is 2.86. The summed E-state index contributed by atoms with van der Waals surface area (Å²) in [5.41, 5.74) is 2.02. The van der Waals surface area contributed by atoms with E-state index in [0.717, 1.165) is 25.2 Å². The lowest BCUT2D eigenvalue weighted by Crippen LogP contribution is -2.44. The van der Waals surface area contributed by atoms with E-state index < -0.39 is 0 Å². The highest BCUT2D eigenvalue weighted by atomic mass is 16.1. The van der Waals surface area contributed by atoms with E-state index in [1.165, 1.54) is 18.4 Å². The summed E-state index contributed by atoms with van der Waals surface area (Å²) in [6.07, 6.45) is 2.34. The van der Waals surface area contributed by atoms with Crippen molar-refractivity contribution in [3.8, 4) is 0 Å². The van der Waals surface area contributed by atoms with Crippen molar-refractivity contribution in [2.75, 3.05) is 33.2 Å². The second-order valence-corrected chi connectivity index (χ2v) is 5.87. The van der Waals surface area contributed by atoms with Crippen molar-refractivity contribution in [3.05, 3.63) is 35.4 Å². The van der Waals surface area contributed by atoms with Crippen molar-refractivity contribution in [1.82, 2.24) is 9.80 Å². The van der Waals surface area contributed by atoms with Crippen LogP contribution in [0.2, 0.25) is 0 Å². The molecule has 1 aliphatic rings. The molecule has 0 amide bonds. The van der Waals surface area contributed by atoms with Gasteiger partial charge in [0, 0.05) is 11.6 Å². The van der Waals surface area contributed by atoms with E-state index >= 15 is 0 Å². The van der Waals surface area contributed by atoms with Gasteiger partial charge in [-0.2, -0.15) is 0 Å². The normalized spacial score (nSPS) is 17.6. The molecule has 20 heavy (non-hydrogen) atoms. The minimum absolute atomic E-state index is 0.227. The van der Waals surface area contributed by atoms with E-state index in [2.05, 4.69) is 23.8 Å². The van der Waals surface area contributed by atoms with Crippen LogP contribution in [-0.4, -0.2) is 54.9 Å². The average molecular weight is 274 g/mol. The molecule has 1 heterocycles. The molecule has 1 fully saturated rings. The SMILES string of the molecule is CCN1CCC(N(C)CC(=O)c2ccc(C)cc2)CC1. The maximum Gasteiger partial charge on any atom is 0.176 e. The van der Waals surface area contributed by atoms with Crippen LogP contribution in [0.1, 0.15) is 35.7 Å². The second-order valence-electron chi connectivity index (χ2n) is 5.87. The lowest BCUT2D eigenvalue weighted by molar-refractivity contribution is 0.0858. The number of piperidine rings is 1. The van der Waals surface area contributed by atoms with Crippen LogP contribution in [0.3, 0.4) is 0 Å². The number of aryl methyl sites for hydroxylation is 1. The molecular weight excluding hydrogens is 248 g/mol. The van der Waals surface area contributed by atoms with Crippen molar-refractivity contribution in [3.63, 3.8) is 0 Å². The molecule has 0 saturated carbocycles. The number of rotatable bonds is 5. The van der Waals surface area contributed by atoms with Crippen molar-refractivity contribution in [2.24, 2.45) is 0 Å². The molecule has 3 nitrogen and oxygen atoms in total. The van der Waals surface area contributed by atoms with Gasteiger partial charge in [0.05, 0.1) is 6.54 Å². The molecule has 0 atom stereocenters. The fourth-order valence-electron chi connectivity index (χ4n) is 2.86. The predicted octanol–water partition coefficient (Wildman–Crippen LogP) is 2.59. The Morgan fingerprint density at radius 3 is 2.40 bits per heavy atom. The zero-order valence-corrected chi connectivity index (χ0v) is 12.9. The van der Waals surface area contributed by atoms with E-state index in [-0.39, 0.29) is 5.78 Å². The molecule has 0 aromatic heterocycles. The first-order chi connectivity index (χ1) is 9.60. The molecule has 1 aromatic carbocycles. The Bertz CT molecular complexity index is 433. The zero-order valence-electron chi connectivity index (χ0n) is 12.9. The summed E-state index contributed by atoms with van der Waals surface area (Å²) in [4.78, 5) is 17.0. The molecule has 0 radical (unpaired) electrons. The Kier molecular flexibility index (Phi) is 5.32. The number of benzene rings is 1. The molecule has 1 aliphatic heterocycles. The summed E-state index contributed by atoms with van der Waals surface area (Å²) in [6.45, 7) is 8.24. The highest BCUT2D eigenvalue weighted by molar-refractivity contribution is 5.97. The van der Waals surface area contributed by atoms with Gasteiger partial charge in [-0.1, -0.05) is 36.8 Å². The van der Waals surface area contributed by atoms with Gasteiger partial charge in [-0.05, 0) is 46.4 Å². The maximum atomic E-state index is 12.3. The molecule has 0 unspecified atom stereocenters. The van der Waals surface area contributed by atoms with E-state index in [1.54, 1.807) is 0 Å². The standard InChI is InChI=1S/C17H26N2O/c1-4-19-11-9-16(10-12-19)18(3)13-17(20)15-7-5-14(2)6-8-15/h5-8,16H,4,9-13H2,1-3H3. The van der Waals surface area contributed by atoms with Crippen LogP contribution in [0.25, 0.3) is 0 Å². The number of likely N-dealkylation sites (tertiary alicyclic amines) is 1. The van der Waals surface area contributed by atoms with Crippen LogP contribution >= 0.6 is 0 Å². The van der Waals surface area contributed by atoms with Gasteiger partial charge in [0.1, 0.15) is 0 Å². The van der Waals surface area contributed by atoms with Gasteiger partial charge in [0.2, 0.25) is 0 Å². The highest BCUT2D eigenvalue weighted by Gasteiger charge is 2.23. The Hall–Kier alpha value is -1.19. The van der Waals surface area contributed by atoms with Gasteiger partial charge >= 0.3 is 0 Å². The monoisotopic (exact) mass is 274 g/mol. The van der Waals surface area contributed by atoms with E-state index in [9.17, 15) is 4.79 Å². The molecule has 0 aliphatic carbocycles. The lowest BCUT2D eigenvalue weighted by atomic mass is 10.0. The number of nitrogens with zero attached hydrogens (tertiary/aromatic N) is 2. The Morgan fingerprint density at radius 2 is 1.85 bits per heavy atom. The quantitative estimate of drug-likeness (QED) is 0.771. The summed E-state index contributed by atoms with van der Waals surface area (Å²) in [5.74, 6) is 0.227. The third kappa shape index (κ3) is 3.90. The van der Waals surface area contributed by atoms with Crippen LogP contribution in [0.5, 0.6) is 0 Å². The van der Waals surface area contributed by atoms with Crippen LogP contribution in [0, 0.1) is 6.92 Å². The molecule has 2 rings (SSSR count). The minimum atomic E-state index is 0.227. The summed E-state index contributed by atoms with van der Waals surface area (Å²) in [7, 11) is 2.08. The number of hydrogen-bond acceptors (Lipinski definition) is 3. The first-order valence-corrected chi connectivity index (χ1v) is 7.62. The van der Waals surface area contributed by atoms with Crippen LogP contribution in [-0.2, 0) is 0 Å². The molecular formula is C17H26N2O. The highest BCUT2D eigenvalue weighted by Crippen LogP contribution is 2.15. The second kappa shape index (κ2) is 7.00. The smallest absolute Gasteiger partial charge is 0.176 e. The van der Waals surface area contributed by atoms with Gasteiger partial charge in [-0.25, -0.2) is 0 Å². The summed E-state index contributed by atoms with van der Waals surface area (Å²) < 4.78 is 0. The summed E-state index contributed by atoms with van der Waals surface area (Å²) >= 11 is 0. The van der Waals surface area contributed by atoms with Crippen molar-refractivity contribution in [2.45, 2.75) is 32.7 Å². The zero-order chi connectivity index (χ0) is 14.5. The van der Waals surface area contributed by atoms with Crippen molar-refractivity contribution in [1.29, 1.82) is 0 Å². The van der Waals surface area contributed by atoms with Gasteiger partial charge in [0.25, 0.3) is 0 Å².